The SMILES string of the molecule is Cc1nc(N)sc1Cc1ccc(I)cc1Cl. The lowest BCUT2D eigenvalue weighted by atomic mass is 10.1. The van der Waals surface area contributed by atoms with Gasteiger partial charge in [0.2, 0.25) is 0 Å². The predicted molar refractivity (Wildman–Crippen MR) is 78.2 cm³/mol. The standard InChI is InChI=1S/C11H10ClIN2S/c1-6-10(16-11(14)15-6)4-7-2-3-8(13)5-9(7)12/h2-3,5H,4H2,1H3,(H2,14,15). The van der Waals surface area contributed by atoms with Gasteiger partial charge in [-0.25, -0.2) is 4.98 Å². The third kappa shape index (κ3) is 2.67. The van der Waals surface area contributed by atoms with Crippen LogP contribution in [0.25, 0.3) is 0 Å². The van der Waals surface area contributed by atoms with E-state index in [1.165, 1.54) is 16.2 Å². The third-order valence-corrected chi connectivity index (χ3v) is 4.28. The van der Waals surface area contributed by atoms with Gasteiger partial charge in [-0.3, -0.25) is 0 Å². The van der Waals surface area contributed by atoms with Crippen molar-refractivity contribution in [3.63, 3.8) is 0 Å². The lowest BCUT2D eigenvalue weighted by Crippen LogP contribution is -1.89. The number of aryl methyl sites for hydroxylation is 1. The van der Waals surface area contributed by atoms with Crippen LogP contribution >= 0.6 is 45.5 Å². The molecule has 0 fully saturated rings. The van der Waals surface area contributed by atoms with E-state index in [0.717, 1.165) is 26.3 Å². The average molecular weight is 365 g/mol. The number of benzene rings is 1. The zero-order chi connectivity index (χ0) is 11.7. The molecule has 2 nitrogen and oxygen atoms in total. The molecule has 0 spiro atoms. The molecule has 0 saturated carbocycles. The van der Waals surface area contributed by atoms with Gasteiger partial charge in [-0.05, 0) is 47.2 Å². The van der Waals surface area contributed by atoms with E-state index in [0.29, 0.717) is 5.13 Å². The van der Waals surface area contributed by atoms with E-state index in [2.05, 4.69) is 39.7 Å². The summed E-state index contributed by atoms with van der Waals surface area (Å²) >= 11 is 9.96. The van der Waals surface area contributed by atoms with Crippen LogP contribution in [0, 0.1) is 10.5 Å². The molecule has 0 aliphatic carbocycles. The minimum atomic E-state index is 0.620. The largest absolute Gasteiger partial charge is 0.375 e. The second kappa shape index (κ2) is 4.89. The van der Waals surface area contributed by atoms with Crippen LogP contribution in [0.5, 0.6) is 0 Å². The molecule has 0 saturated heterocycles. The van der Waals surface area contributed by atoms with Crippen molar-refractivity contribution in [2.24, 2.45) is 0 Å². The maximum absolute atomic E-state index is 6.19. The average Bonchev–Trinajstić information content (AvgIpc) is 2.50. The number of thiazole rings is 1. The molecule has 1 aromatic carbocycles. The molecule has 2 N–H and O–H groups in total. The van der Waals surface area contributed by atoms with E-state index in [1.54, 1.807) is 0 Å². The first-order valence-electron chi connectivity index (χ1n) is 4.72. The summed E-state index contributed by atoms with van der Waals surface area (Å²) in [7, 11) is 0. The summed E-state index contributed by atoms with van der Waals surface area (Å²) in [4.78, 5) is 5.39. The summed E-state index contributed by atoms with van der Waals surface area (Å²) in [5.74, 6) is 0. The van der Waals surface area contributed by atoms with Gasteiger partial charge < -0.3 is 5.73 Å². The van der Waals surface area contributed by atoms with Gasteiger partial charge in [-0.1, -0.05) is 17.7 Å². The van der Waals surface area contributed by atoms with Crippen LogP contribution in [0.4, 0.5) is 5.13 Å². The highest BCUT2D eigenvalue weighted by Gasteiger charge is 2.08. The third-order valence-electron chi connectivity index (χ3n) is 2.28. The highest BCUT2D eigenvalue weighted by atomic mass is 127. The van der Waals surface area contributed by atoms with Crippen molar-refractivity contribution in [1.82, 2.24) is 4.98 Å². The molecule has 0 aliphatic heterocycles. The molecule has 0 unspecified atom stereocenters. The van der Waals surface area contributed by atoms with Crippen molar-refractivity contribution in [3.8, 4) is 0 Å². The van der Waals surface area contributed by atoms with Crippen LogP contribution in [0.15, 0.2) is 18.2 Å². The summed E-state index contributed by atoms with van der Waals surface area (Å²) in [6.07, 6.45) is 0.802. The number of nitrogen functional groups attached to an aromatic ring is 1. The fourth-order valence-corrected chi connectivity index (χ4v) is 3.23. The Bertz CT molecular complexity index is 525. The molecular formula is C11H10ClIN2S. The topological polar surface area (TPSA) is 38.9 Å². The smallest absolute Gasteiger partial charge is 0.180 e. The molecule has 84 valence electrons. The molecule has 1 heterocycles. The van der Waals surface area contributed by atoms with Crippen molar-refractivity contribution < 1.29 is 0 Å². The van der Waals surface area contributed by atoms with Crippen molar-refractivity contribution in [1.29, 1.82) is 0 Å². The van der Waals surface area contributed by atoms with E-state index in [1.807, 2.05) is 13.0 Å². The van der Waals surface area contributed by atoms with Crippen molar-refractivity contribution >= 4 is 50.7 Å². The van der Waals surface area contributed by atoms with Gasteiger partial charge >= 0.3 is 0 Å². The highest BCUT2D eigenvalue weighted by molar-refractivity contribution is 14.1. The molecule has 0 atom stereocenters. The van der Waals surface area contributed by atoms with E-state index < -0.39 is 0 Å². The lowest BCUT2D eigenvalue weighted by molar-refractivity contribution is 1.15. The molecule has 0 radical (unpaired) electrons. The van der Waals surface area contributed by atoms with Crippen LogP contribution in [-0.2, 0) is 6.42 Å². The number of nitrogens with zero attached hydrogens (tertiary/aromatic N) is 1. The number of aromatic nitrogens is 1. The van der Waals surface area contributed by atoms with Crippen LogP contribution < -0.4 is 5.73 Å². The first kappa shape index (κ1) is 12.1. The Kier molecular flexibility index (Phi) is 3.71. The number of hydrogen-bond acceptors (Lipinski definition) is 3. The van der Waals surface area contributed by atoms with E-state index in [9.17, 15) is 0 Å². The minimum Gasteiger partial charge on any atom is -0.375 e. The van der Waals surface area contributed by atoms with Crippen LogP contribution in [0.2, 0.25) is 5.02 Å². The second-order valence-corrected chi connectivity index (χ2v) is 6.24. The highest BCUT2D eigenvalue weighted by Crippen LogP contribution is 2.27. The number of halogens is 2. The Labute approximate surface area is 117 Å². The Morgan fingerprint density at radius 3 is 2.81 bits per heavy atom. The lowest BCUT2D eigenvalue weighted by Gasteiger charge is -2.03. The van der Waals surface area contributed by atoms with Crippen LogP contribution in [0.3, 0.4) is 0 Å². The van der Waals surface area contributed by atoms with Crippen molar-refractivity contribution in [2.75, 3.05) is 5.73 Å². The number of rotatable bonds is 2. The van der Waals surface area contributed by atoms with E-state index in [4.69, 9.17) is 17.3 Å². The summed E-state index contributed by atoms with van der Waals surface area (Å²) in [5, 5.41) is 1.42. The zero-order valence-corrected chi connectivity index (χ0v) is 12.4. The first-order chi connectivity index (χ1) is 7.56. The molecule has 1 aromatic heterocycles. The second-order valence-electron chi connectivity index (χ2n) is 3.47. The Morgan fingerprint density at radius 2 is 2.25 bits per heavy atom. The first-order valence-corrected chi connectivity index (χ1v) is 6.99. The number of nitrogens with two attached hydrogens (primary N) is 1. The predicted octanol–water partition coefficient (Wildman–Crippen LogP) is 3.88. The number of anilines is 1. The molecule has 0 aliphatic rings. The maximum Gasteiger partial charge on any atom is 0.180 e. The van der Waals surface area contributed by atoms with Gasteiger partial charge in [0.05, 0.1) is 5.69 Å². The number of hydrogen-bond donors (Lipinski definition) is 1. The van der Waals surface area contributed by atoms with Gasteiger partial charge in [0.15, 0.2) is 5.13 Å². The molecule has 5 heteroatoms. The molecule has 0 amide bonds. The van der Waals surface area contributed by atoms with Gasteiger partial charge in [-0.2, -0.15) is 0 Å². The minimum absolute atomic E-state index is 0.620. The van der Waals surface area contributed by atoms with Crippen molar-refractivity contribution in [2.45, 2.75) is 13.3 Å². The van der Waals surface area contributed by atoms with Crippen LogP contribution in [0.1, 0.15) is 16.1 Å². The van der Waals surface area contributed by atoms with Gasteiger partial charge in [0, 0.05) is 19.9 Å². The van der Waals surface area contributed by atoms with Gasteiger partial charge in [0.25, 0.3) is 0 Å². The molecular weight excluding hydrogens is 355 g/mol. The summed E-state index contributed by atoms with van der Waals surface area (Å²) < 4.78 is 1.15. The quantitative estimate of drug-likeness (QED) is 0.821. The zero-order valence-electron chi connectivity index (χ0n) is 8.63. The Morgan fingerprint density at radius 1 is 1.50 bits per heavy atom. The molecule has 16 heavy (non-hydrogen) atoms. The fraction of sp³-hybridized carbons (Fsp3) is 0.182. The molecule has 2 rings (SSSR count). The molecule has 0 bridgehead atoms. The van der Waals surface area contributed by atoms with Gasteiger partial charge in [0.1, 0.15) is 0 Å². The van der Waals surface area contributed by atoms with Gasteiger partial charge in [-0.15, -0.1) is 11.3 Å². The van der Waals surface area contributed by atoms with Crippen LogP contribution in [-0.4, -0.2) is 4.98 Å². The fourth-order valence-electron chi connectivity index (χ4n) is 1.45. The Hall–Kier alpha value is -0.330. The van der Waals surface area contributed by atoms with E-state index >= 15 is 0 Å². The summed E-state index contributed by atoms with van der Waals surface area (Å²) in [5.41, 5.74) is 7.79. The van der Waals surface area contributed by atoms with E-state index in [-0.39, 0.29) is 0 Å². The normalized spacial score (nSPS) is 10.7. The monoisotopic (exact) mass is 364 g/mol. The van der Waals surface area contributed by atoms with Crippen molar-refractivity contribution in [3.05, 3.63) is 42.9 Å². The summed E-state index contributed by atoms with van der Waals surface area (Å²) in [6, 6.07) is 6.08. The Balaban J connectivity index is 2.30. The maximum atomic E-state index is 6.19. The summed E-state index contributed by atoms with van der Waals surface area (Å²) in [6.45, 7) is 1.97. The molecule has 2 aromatic rings.